The van der Waals surface area contributed by atoms with Gasteiger partial charge in [0.25, 0.3) is 0 Å². The molecule has 35 heavy (non-hydrogen) atoms. The average Bonchev–Trinajstić information content (AvgIpc) is 3.18. The summed E-state index contributed by atoms with van der Waals surface area (Å²) >= 11 is 5.54. The SMILES string of the molecule is Cc1cc(C)c2oc(-c3ccc(C)c(NC(=S)NC(=O)CC45CC6CC(CC(C6)C4)C5)c3)nc2c1. The molecule has 0 saturated heterocycles. The minimum Gasteiger partial charge on any atom is -0.436 e. The lowest BCUT2D eigenvalue weighted by atomic mass is 9.49. The molecule has 0 unspecified atom stereocenters. The zero-order valence-electron chi connectivity index (χ0n) is 20.7. The van der Waals surface area contributed by atoms with Crippen molar-refractivity contribution in [3.05, 3.63) is 47.0 Å². The first-order chi connectivity index (χ1) is 16.7. The number of benzene rings is 2. The van der Waals surface area contributed by atoms with Gasteiger partial charge in [0, 0.05) is 17.7 Å². The van der Waals surface area contributed by atoms with Crippen molar-refractivity contribution in [2.75, 3.05) is 5.32 Å². The van der Waals surface area contributed by atoms with Crippen LogP contribution in [-0.2, 0) is 4.79 Å². The number of nitrogens with zero attached hydrogens (tertiary/aromatic N) is 1. The third-order valence-corrected chi connectivity index (χ3v) is 8.71. The van der Waals surface area contributed by atoms with E-state index in [0.717, 1.165) is 56.8 Å². The summed E-state index contributed by atoms with van der Waals surface area (Å²) in [6.45, 7) is 6.12. The quantitative estimate of drug-likeness (QED) is 0.394. The van der Waals surface area contributed by atoms with Gasteiger partial charge in [-0.2, -0.15) is 0 Å². The van der Waals surface area contributed by atoms with Crippen LogP contribution >= 0.6 is 12.2 Å². The van der Waals surface area contributed by atoms with Gasteiger partial charge >= 0.3 is 0 Å². The highest BCUT2D eigenvalue weighted by atomic mass is 32.1. The first-order valence-electron chi connectivity index (χ1n) is 12.8. The highest BCUT2D eigenvalue weighted by Gasteiger charge is 2.51. The second kappa shape index (κ2) is 8.44. The van der Waals surface area contributed by atoms with E-state index in [1.54, 1.807) is 0 Å². The molecule has 4 aliphatic rings. The van der Waals surface area contributed by atoms with Crippen molar-refractivity contribution in [2.45, 2.75) is 65.7 Å². The molecular weight excluding hydrogens is 454 g/mol. The van der Waals surface area contributed by atoms with Crippen LogP contribution in [0.4, 0.5) is 5.69 Å². The summed E-state index contributed by atoms with van der Waals surface area (Å²) < 4.78 is 6.10. The Morgan fingerprint density at radius 3 is 2.40 bits per heavy atom. The predicted molar refractivity (Wildman–Crippen MR) is 143 cm³/mol. The number of anilines is 1. The molecule has 4 saturated carbocycles. The predicted octanol–water partition coefficient (Wildman–Crippen LogP) is 6.84. The maximum atomic E-state index is 13.0. The van der Waals surface area contributed by atoms with Crippen molar-refractivity contribution in [1.82, 2.24) is 10.3 Å². The van der Waals surface area contributed by atoms with Crippen LogP contribution in [0.15, 0.2) is 34.7 Å². The van der Waals surface area contributed by atoms with Gasteiger partial charge in [0.05, 0.1) is 0 Å². The third-order valence-electron chi connectivity index (χ3n) is 8.51. The fourth-order valence-electron chi connectivity index (χ4n) is 7.56. The molecule has 4 fully saturated rings. The van der Waals surface area contributed by atoms with E-state index >= 15 is 0 Å². The first-order valence-corrected chi connectivity index (χ1v) is 13.3. The van der Waals surface area contributed by atoms with Crippen LogP contribution in [0.1, 0.15) is 61.6 Å². The van der Waals surface area contributed by atoms with Gasteiger partial charge in [-0.1, -0.05) is 12.1 Å². The van der Waals surface area contributed by atoms with Gasteiger partial charge in [-0.05, 0) is 130 Å². The number of amides is 1. The van der Waals surface area contributed by atoms with E-state index in [0.29, 0.717) is 17.4 Å². The molecule has 2 aromatic carbocycles. The molecule has 4 aliphatic carbocycles. The molecule has 1 aromatic heterocycles. The number of carbonyl (C=O) groups excluding carboxylic acids is 1. The van der Waals surface area contributed by atoms with Gasteiger partial charge < -0.3 is 15.1 Å². The molecule has 0 spiro atoms. The Balaban J connectivity index is 1.15. The molecule has 4 bridgehead atoms. The summed E-state index contributed by atoms with van der Waals surface area (Å²) in [5, 5.41) is 6.56. The number of thiocarbonyl (C=S) groups is 1. The van der Waals surface area contributed by atoms with Crippen LogP contribution in [0.5, 0.6) is 0 Å². The number of rotatable bonds is 4. The fraction of sp³-hybridized carbons (Fsp3) is 0.483. The summed E-state index contributed by atoms with van der Waals surface area (Å²) in [7, 11) is 0. The van der Waals surface area contributed by atoms with Gasteiger partial charge in [0.15, 0.2) is 10.7 Å². The van der Waals surface area contributed by atoms with Crippen molar-refractivity contribution < 1.29 is 9.21 Å². The Bertz CT molecular complexity index is 1310. The summed E-state index contributed by atoms with van der Waals surface area (Å²) in [4.78, 5) is 17.7. The van der Waals surface area contributed by atoms with Crippen LogP contribution in [0, 0.1) is 43.9 Å². The number of aryl methyl sites for hydroxylation is 3. The molecule has 182 valence electrons. The summed E-state index contributed by atoms with van der Waals surface area (Å²) in [6, 6.07) is 10.1. The summed E-state index contributed by atoms with van der Waals surface area (Å²) in [5.41, 5.74) is 6.87. The number of nitrogens with one attached hydrogen (secondary N) is 2. The molecule has 5 nitrogen and oxygen atoms in total. The molecule has 7 rings (SSSR count). The Morgan fingerprint density at radius 2 is 1.71 bits per heavy atom. The van der Waals surface area contributed by atoms with E-state index in [4.69, 9.17) is 21.6 Å². The van der Waals surface area contributed by atoms with Gasteiger partial charge in [0.2, 0.25) is 11.8 Å². The summed E-state index contributed by atoms with van der Waals surface area (Å²) in [6.07, 6.45) is 8.41. The maximum absolute atomic E-state index is 13.0. The molecular formula is C29H33N3O2S. The van der Waals surface area contributed by atoms with Crippen molar-refractivity contribution in [3.63, 3.8) is 0 Å². The van der Waals surface area contributed by atoms with Gasteiger partial charge in [-0.15, -0.1) is 0 Å². The van der Waals surface area contributed by atoms with E-state index < -0.39 is 0 Å². The third kappa shape index (κ3) is 4.37. The van der Waals surface area contributed by atoms with E-state index in [-0.39, 0.29) is 11.3 Å². The highest BCUT2D eigenvalue weighted by molar-refractivity contribution is 7.80. The van der Waals surface area contributed by atoms with Crippen molar-refractivity contribution in [2.24, 2.45) is 23.2 Å². The van der Waals surface area contributed by atoms with Crippen molar-refractivity contribution in [1.29, 1.82) is 0 Å². The molecule has 3 aromatic rings. The second-order valence-corrected chi connectivity index (χ2v) is 12.0. The topological polar surface area (TPSA) is 67.2 Å². The normalized spacial score (nSPS) is 26.8. The lowest BCUT2D eigenvalue weighted by Gasteiger charge is -2.56. The molecule has 1 amide bonds. The minimum atomic E-state index is 0.0445. The molecule has 6 heteroatoms. The smallest absolute Gasteiger partial charge is 0.227 e. The average molecular weight is 488 g/mol. The second-order valence-electron chi connectivity index (χ2n) is 11.6. The maximum Gasteiger partial charge on any atom is 0.227 e. The molecule has 1 heterocycles. The minimum absolute atomic E-state index is 0.0445. The van der Waals surface area contributed by atoms with Crippen LogP contribution in [-0.4, -0.2) is 16.0 Å². The Kier molecular flexibility index (Phi) is 5.48. The zero-order valence-corrected chi connectivity index (χ0v) is 21.6. The van der Waals surface area contributed by atoms with E-state index in [1.807, 2.05) is 38.1 Å². The number of carbonyl (C=O) groups is 1. The Hall–Kier alpha value is -2.73. The molecule has 0 atom stereocenters. The van der Waals surface area contributed by atoms with E-state index in [1.165, 1.54) is 38.5 Å². The van der Waals surface area contributed by atoms with Crippen LogP contribution < -0.4 is 10.6 Å². The molecule has 2 N–H and O–H groups in total. The van der Waals surface area contributed by atoms with Gasteiger partial charge in [-0.3, -0.25) is 4.79 Å². The van der Waals surface area contributed by atoms with E-state index in [2.05, 4.69) is 23.6 Å². The lowest BCUT2D eigenvalue weighted by Crippen LogP contribution is -2.48. The zero-order chi connectivity index (χ0) is 24.3. The molecule has 0 aliphatic heterocycles. The fourth-order valence-corrected chi connectivity index (χ4v) is 7.79. The lowest BCUT2D eigenvalue weighted by molar-refractivity contribution is -0.127. The van der Waals surface area contributed by atoms with Gasteiger partial charge in [-0.25, -0.2) is 4.98 Å². The van der Waals surface area contributed by atoms with E-state index in [9.17, 15) is 4.79 Å². The van der Waals surface area contributed by atoms with Crippen LogP contribution in [0.25, 0.3) is 22.6 Å². The first kappa shape index (κ1) is 22.7. The number of fused-ring (bicyclic) bond motifs is 1. The van der Waals surface area contributed by atoms with Crippen molar-refractivity contribution >= 4 is 40.0 Å². The standard InChI is InChI=1S/C29H33N3O2S/c1-16-6-18(3)26-24(7-16)30-27(34-26)22-5-4-17(2)23(11-22)31-28(35)32-25(33)15-29-12-19-8-20(13-29)10-21(9-19)14-29/h4-7,11,19-21H,8-10,12-15H2,1-3H3,(H2,31,32,33,35). The summed E-state index contributed by atoms with van der Waals surface area (Å²) in [5.74, 6) is 3.13. The van der Waals surface area contributed by atoms with Gasteiger partial charge in [0.1, 0.15) is 5.52 Å². The Labute approximate surface area is 212 Å². The van der Waals surface area contributed by atoms with Crippen LogP contribution in [0.3, 0.4) is 0 Å². The number of hydrogen-bond acceptors (Lipinski definition) is 4. The number of oxazole rings is 1. The van der Waals surface area contributed by atoms with Crippen molar-refractivity contribution in [3.8, 4) is 11.5 Å². The number of aromatic nitrogens is 1. The molecule has 0 radical (unpaired) electrons. The number of hydrogen-bond donors (Lipinski definition) is 2. The van der Waals surface area contributed by atoms with Crippen LogP contribution in [0.2, 0.25) is 0 Å². The Morgan fingerprint density at radius 1 is 1.03 bits per heavy atom. The monoisotopic (exact) mass is 487 g/mol. The largest absolute Gasteiger partial charge is 0.436 e. The highest BCUT2D eigenvalue weighted by Crippen LogP contribution is 2.61.